The Morgan fingerprint density at radius 1 is 1.30 bits per heavy atom. The third kappa shape index (κ3) is 4.60. The van der Waals surface area contributed by atoms with E-state index in [0.29, 0.717) is 0 Å². The summed E-state index contributed by atoms with van der Waals surface area (Å²) in [5, 5.41) is 5.97. The molecule has 1 saturated carbocycles. The predicted molar refractivity (Wildman–Crippen MR) is 90.4 cm³/mol. The molecule has 0 amide bonds. The van der Waals surface area contributed by atoms with Crippen LogP contribution in [0.4, 0.5) is 0 Å². The van der Waals surface area contributed by atoms with Crippen molar-refractivity contribution in [1.82, 2.24) is 5.32 Å². The van der Waals surface area contributed by atoms with Crippen LogP contribution in [0.2, 0.25) is 0 Å². The highest BCUT2D eigenvalue weighted by Crippen LogP contribution is 2.36. The summed E-state index contributed by atoms with van der Waals surface area (Å²) in [4.78, 5) is 1.55. The topological polar surface area (TPSA) is 12.0 Å². The van der Waals surface area contributed by atoms with Crippen molar-refractivity contribution in [3.63, 3.8) is 0 Å². The largest absolute Gasteiger partial charge is 0.314 e. The predicted octanol–water partition coefficient (Wildman–Crippen LogP) is 5.12. The number of thiophene rings is 1. The molecular weight excluding hydrogens is 262 g/mol. The van der Waals surface area contributed by atoms with Gasteiger partial charge >= 0.3 is 0 Å². The average Bonchev–Trinajstić information content (AvgIpc) is 2.94. The minimum atomic E-state index is 0.745. The molecule has 2 heteroatoms. The maximum Gasteiger partial charge on any atom is 0.00954 e. The van der Waals surface area contributed by atoms with Crippen LogP contribution >= 0.6 is 11.3 Å². The third-order valence-corrected chi connectivity index (χ3v) is 6.13. The summed E-state index contributed by atoms with van der Waals surface area (Å²) in [7, 11) is 0. The quantitative estimate of drug-likeness (QED) is 0.735. The lowest BCUT2D eigenvalue weighted by Gasteiger charge is -2.37. The molecule has 0 spiro atoms. The van der Waals surface area contributed by atoms with Crippen molar-refractivity contribution < 1.29 is 0 Å². The van der Waals surface area contributed by atoms with Crippen LogP contribution in [0, 0.1) is 17.8 Å². The van der Waals surface area contributed by atoms with E-state index in [1.807, 2.05) is 11.3 Å². The van der Waals surface area contributed by atoms with Crippen LogP contribution in [0.15, 0.2) is 17.5 Å². The molecule has 4 atom stereocenters. The Hall–Kier alpha value is -0.340. The lowest BCUT2D eigenvalue weighted by molar-refractivity contribution is 0.166. The van der Waals surface area contributed by atoms with E-state index in [2.05, 4.69) is 43.6 Å². The lowest BCUT2D eigenvalue weighted by atomic mass is 9.72. The first-order valence-corrected chi connectivity index (χ1v) is 9.34. The number of hydrogen-bond donors (Lipinski definition) is 1. The van der Waals surface area contributed by atoms with Crippen LogP contribution in [0.1, 0.15) is 57.8 Å². The van der Waals surface area contributed by atoms with Crippen molar-refractivity contribution in [1.29, 1.82) is 0 Å². The van der Waals surface area contributed by atoms with Gasteiger partial charge in [0.05, 0.1) is 0 Å². The van der Waals surface area contributed by atoms with E-state index >= 15 is 0 Å². The molecule has 0 bridgehead atoms. The summed E-state index contributed by atoms with van der Waals surface area (Å²) in [6.45, 7) is 8.25. The maximum absolute atomic E-state index is 3.77. The van der Waals surface area contributed by atoms with Gasteiger partial charge in [0.25, 0.3) is 0 Å². The van der Waals surface area contributed by atoms with Gasteiger partial charge in [0.2, 0.25) is 0 Å². The second-order valence-electron chi connectivity index (χ2n) is 6.66. The van der Waals surface area contributed by atoms with E-state index in [9.17, 15) is 0 Å². The molecule has 0 radical (unpaired) electrons. The second-order valence-corrected chi connectivity index (χ2v) is 7.70. The van der Waals surface area contributed by atoms with Crippen LogP contribution in [0.3, 0.4) is 0 Å². The summed E-state index contributed by atoms with van der Waals surface area (Å²) in [6.07, 6.45) is 8.23. The minimum Gasteiger partial charge on any atom is -0.314 e. The SMILES string of the molecule is CCNC(CCCc1cccs1)C1CCC(C)C(C)C1. The van der Waals surface area contributed by atoms with Gasteiger partial charge in [-0.2, -0.15) is 0 Å². The molecule has 0 aromatic carbocycles. The molecule has 4 unspecified atom stereocenters. The smallest absolute Gasteiger partial charge is 0.00954 e. The summed E-state index contributed by atoms with van der Waals surface area (Å²) in [5.74, 6) is 2.75. The molecule has 1 heterocycles. The van der Waals surface area contributed by atoms with Crippen molar-refractivity contribution in [2.75, 3.05) is 6.54 Å². The van der Waals surface area contributed by atoms with Crippen LogP contribution in [-0.2, 0) is 6.42 Å². The van der Waals surface area contributed by atoms with Crippen molar-refractivity contribution in [3.8, 4) is 0 Å². The normalized spacial score (nSPS) is 28.4. The molecule has 1 nitrogen and oxygen atoms in total. The Labute approximate surface area is 129 Å². The van der Waals surface area contributed by atoms with Gasteiger partial charge < -0.3 is 5.32 Å². The number of hydrogen-bond acceptors (Lipinski definition) is 2. The van der Waals surface area contributed by atoms with E-state index in [4.69, 9.17) is 0 Å². The van der Waals surface area contributed by atoms with Gasteiger partial charge in [-0.15, -0.1) is 11.3 Å². The van der Waals surface area contributed by atoms with Crippen LogP contribution < -0.4 is 5.32 Å². The molecule has 1 aromatic heterocycles. The molecule has 1 N–H and O–H groups in total. The molecule has 1 aromatic rings. The highest BCUT2D eigenvalue weighted by atomic mass is 32.1. The van der Waals surface area contributed by atoms with E-state index in [0.717, 1.165) is 30.3 Å². The highest BCUT2D eigenvalue weighted by molar-refractivity contribution is 7.09. The summed E-state index contributed by atoms with van der Waals surface area (Å²) >= 11 is 1.90. The van der Waals surface area contributed by atoms with Crippen LogP contribution in [-0.4, -0.2) is 12.6 Å². The Kier molecular flexibility index (Phi) is 6.57. The van der Waals surface area contributed by atoms with Crippen molar-refractivity contribution in [2.24, 2.45) is 17.8 Å². The van der Waals surface area contributed by atoms with E-state index in [1.54, 1.807) is 4.88 Å². The second kappa shape index (κ2) is 8.19. The fraction of sp³-hybridized carbons (Fsp3) is 0.778. The van der Waals surface area contributed by atoms with Crippen molar-refractivity contribution >= 4 is 11.3 Å². The fourth-order valence-electron chi connectivity index (χ4n) is 3.67. The standard InChI is InChI=1S/C18H31NS/c1-4-19-18(9-5-7-17-8-6-12-20-17)16-11-10-14(2)15(3)13-16/h6,8,12,14-16,18-19H,4-5,7,9-11,13H2,1-3H3. The van der Waals surface area contributed by atoms with Gasteiger partial charge in [-0.1, -0.05) is 33.3 Å². The van der Waals surface area contributed by atoms with Crippen LogP contribution in [0.5, 0.6) is 0 Å². The zero-order valence-corrected chi connectivity index (χ0v) is 14.2. The van der Waals surface area contributed by atoms with Gasteiger partial charge in [-0.05, 0) is 67.8 Å². The molecule has 1 aliphatic rings. The monoisotopic (exact) mass is 293 g/mol. The van der Waals surface area contributed by atoms with Gasteiger partial charge in [0.1, 0.15) is 0 Å². The Bertz CT molecular complexity index is 360. The third-order valence-electron chi connectivity index (χ3n) is 5.19. The van der Waals surface area contributed by atoms with Crippen molar-refractivity contribution in [2.45, 2.75) is 65.3 Å². The van der Waals surface area contributed by atoms with Gasteiger partial charge in [-0.25, -0.2) is 0 Å². The van der Waals surface area contributed by atoms with Crippen LogP contribution in [0.25, 0.3) is 0 Å². The Morgan fingerprint density at radius 3 is 2.80 bits per heavy atom. The minimum absolute atomic E-state index is 0.745. The zero-order valence-electron chi connectivity index (χ0n) is 13.4. The fourth-order valence-corrected chi connectivity index (χ4v) is 4.42. The average molecular weight is 294 g/mol. The molecule has 114 valence electrons. The van der Waals surface area contributed by atoms with Gasteiger partial charge in [-0.3, -0.25) is 0 Å². The first-order valence-electron chi connectivity index (χ1n) is 8.46. The number of aryl methyl sites for hydroxylation is 1. The lowest BCUT2D eigenvalue weighted by Crippen LogP contribution is -2.39. The molecule has 0 aliphatic heterocycles. The van der Waals surface area contributed by atoms with Gasteiger partial charge in [0, 0.05) is 10.9 Å². The maximum atomic E-state index is 3.77. The first kappa shape index (κ1) is 16.0. The molecule has 2 rings (SSSR count). The first-order chi connectivity index (χ1) is 9.70. The van der Waals surface area contributed by atoms with E-state index in [-0.39, 0.29) is 0 Å². The highest BCUT2D eigenvalue weighted by Gasteiger charge is 2.29. The molecule has 1 aliphatic carbocycles. The molecule has 0 saturated heterocycles. The number of rotatable bonds is 7. The molecule has 1 fully saturated rings. The van der Waals surface area contributed by atoms with E-state index in [1.165, 1.54) is 38.5 Å². The van der Waals surface area contributed by atoms with E-state index < -0.39 is 0 Å². The number of nitrogens with one attached hydrogen (secondary N) is 1. The summed E-state index contributed by atoms with van der Waals surface area (Å²) < 4.78 is 0. The van der Waals surface area contributed by atoms with Gasteiger partial charge in [0.15, 0.2) is 0 Å². The Morgan fingerprint density at radius 2 is 2.15 bits per heavy atom. The molecule has 20 heavy (non-hydrogen) atoms. The van der Waals surface area contributed by atoms with Crippen molar-refractivity contribution in [3.05, 3.63) is 22.4 Å². The zero-order chi connectivity index (χ0) is 14.4. The summed E-state index contributed by atoms with van der Waals surface area (Å²) in [6, 6.07) is 5.19. The summed E-state index contributed by atoms with van der Waals surface area (Å²) in [5.41, 5.74) is 0. The Balaban J connectivity index is 1.80. The molecular formula is C18H31NS.